The summed E-state index contributed by atoms with van der Waals surface area (Å²) in [7, 11) is 0. The van der Waals surface area contributed by atoms with Gasteiger partial charge in [0.1, 0.15) is 23.8 Å². The maximum Gasteiger partial charge on any atom is 0.289 e. The normalized spacial score (nSPS) is 10.9. The van der Waals surface area contributed by atoms with Crippen LogP contribution in [-0.2, 0) is 6.61 Å². The van der Waals surface area contributed by atoms with E-state index in [0.29, 0.717) is 28.6 Å². The quantitative estimate of drug-likeness (QED) is 0.281. The first-order valence-corrected chi connectivity index (χ1v) is 10.1. The highest BCUT2D eigenvalue weighted by Gasteiger charge is 2.14. The first kappa shape index (κ1) is 21.1. The van der Waals surface area contributed by atoms with Crippen molar-refractivity contribution in [3.63, 3.8) is 0 Å². The van der Waals surface area contributed by atoms with Crippen molar-refractivity contribution in [1.82, 2.24) is 15.6 Å². The molecule has 4 rings (SSSR count). The number of phenols is 1. The lowest BCUT2D eigenvalue weighted by Crippen LogP contribution is -2.18. The third-order valence-electron chi connectivity index (χ3n) is 4.60. The van der Waals surface area contributed by atoms with E-state index in [1.165, 1.54) is 12.3 Å². The molecule has 3 aromatic carbocycles. The smallest absolute Gasteiger partial charge is 0.289 e. The molecule has 32 heavy (non-hydrogen) atoms. The van der Waals surface area contributed by atoms with Gasteiger partial charge in [0, 0.05) is 16.1 Å². The molecule has 0 radical (unpaired) electrons. The zero-order valence-electron chi connectivity index (χ0n) is 16.8. The van der Waals surface area contributed by atoms with Crippen molar-refractivity contribution < 1.29 is 14.6 Å². The van der Waals surface area contributed by atoms with Crippen molar-refractivity contribution in [2.75, 3.05) is 0 Å². The predicted molar refractivity (Wildman–Crippen MR) is 123 cm³/mol. The molecule has 1 amide bonds. The minimum Gasteiger partial charge on any atom is -0.507 e. The van der Waals surface area contributed by atoms with Gasteiger partial charge in [-0.05, 0) is 48.0 Å². The van der Waals surface area contributed by atoms with Gasteiger partial charge in [-0.1, -0.05) is 48.0 Å². The van der Waals surface area contributed by atoms with E-state index in [9.17, 15) is 9.90 Å². The number of phenolic OH excluding ortho intramolecular Hbond substituents is 1. The third-order valence-corrected chi connectivity index (χ3v) is 4.85. The van der Waals surface area contributed by atoms with E-state index in [1.54, 1.807) is 24.3 Å². The summed E-state index contributed by atoms with van der Waals surface area (Å²) < 4.78 is 5.97. The molecule has 160 valence electrons. The first-order valence-electron chi connectivity index (χ1n) is 9.73. The van der Waals surface area contributed by atoms with Gasteiger partial charge in [-0.3, -0.25) is 9.89 Å². The van der Waals surface area contributed by atoms with Crippen LogP contribution in [-0.4, -0.2) is 27.4 Å². The highest BCUT2D eigenvalue weighted by molar-refractivity contribution is 6.30. The lowest BCUT2D eigenvalue weighted by molar-refractivity contribution is 0.0950. The Hall–Kier alpha value is -4.10. The molecule has 0 spiro atoms. The highest BCUT2D eigenvalue weighted by atomic mass is 35.5. The molecule has 0 aliphatic heterocycles. The summed E-state index contributed by atoms with van der Waals surface area (Å²) in [4.78, 5) is 12.4. The summed E-state index contributed by atoms with van der Waals surface area (Å²) in [5.74, 6) is 0.248. The van der Waals surface area contributed by atoms with E-state index >= 15 is 0 Å². The molecule has 0 saturated carbocycles. The van der Waals surface area contributed by atoms with Crippen molar-refractivity contribution in [2.45, 2.75) is 6.61 Å². The number of nitrogens with zero attached hydrogens (tertiary/aromatic N) is 2. The van der Waals surface area contributed by atoms with Gasteiger partial charge < -0.3 is 9.84 Å². The van der Waals surface area contributed by atoms with Crippen LogP contribution in [0.25, 0.3) is 11.3 Å². The molecule has 1 heterocycles. The van der Waals surface area contributed by atoms with E-state index < -0.39 is 5.91 Å². The topological polar surface area (TPSA) is 99.6 Å². The van der Waals surface area contributed by atoms with Crippen molar-refractivity contribution in [3.05, 3.63) is 101 Å². The number of hydrogen-bond donors (Lipinski definition) is 3. The number of hydrazone groups is 1. The fourth-order valence-electron chi connectivity index (χ4n) is 2.94. The van der Waals surface area contributed by atoms with Crippen LogP contribution in [0.15, 0.2) is 84.0 Å². The SMILES string of the molecule is O=C(N/N=C\c1ccccc1O)c1cc(-c2ccccc2OCc2ccc(Cl)cc2)n[nH]1. The summed E-state index contributed by atoms with van der Waals surface area (Å²) in [6.07, 6.45) is 1.37. The molecule has 0 aliphatic carbocycles. The average Bonchev–Trinajstić information content (AvgIpc) is 3.30. The summed E-state index contributed by atoms with van der Waals surface area (Å²) in [6, 6.07) is 23.2. The van der Waals surface area contributed by atoms with Crippen LogP contribution < -0.4 is 10.2 Å². The Labute approximate surface area is 189 Å². The number of carbonyl (C=O) groups excluding carboxylic acids is 1. The predicted octanol–water partition coefficient (Wildman–Crippen LogP) is 4.78. The molecule has 3 N–H and O–H groups in total. The number of nitrogens with one attached hydrogen (secondary N) is 2. The van der Waals surface area contributed by atoms with Crippen molar-refractivity contribution >= 4 is 23.7 Å². The van der Waals surface area contributed by atoms with Gasteiger partial charge in [0.25, 0.3) is 5.91 Å². The molecule has 0 atom stereocenters. The number of rotatable bonds is 7. The van der Waals surface area contributed by atoms with Gasteiger partial charge in [0.15, 0.2) is 0 Å². The Balaban J connectivity index is 1.44. The Kier molecular flexibility index (Phi) is 6.48. The molecular formula is C24H19ClN4O3. The van der Waals surface area contributed by atoms with Crippen LogP contribution in [0.5, 0.6) is 11.5 Å². The van der Waals surface area contributed by atoms with Gasteiger partial charge in [0.2, 0.25) is 0 Å². The molecule has 0 saturated heterocycles. The Morgan fingerprint density at radius 3 is 2.66 bits per heavy atom. The molecule has 7 nitrogen and oxygen atoms in total. The molecule has 0 fully saturated rings. The van der Waals surface area contributed by atoms with Crippen LogP contribution in [0.4, 0.5) is 0 Å². The van der Waals surface area contributed by atoms with E-state index in [4.69, 9.17) is 16.3 Å². The van der Waals surface area contributed by atoms with Crippen molar-refractivity contribution in [1.29, 1.82) is 0 Å². The Bertz CT molecular complexity index is 1250. The number of para-hydroxylation sites is 2. The number of benzene rings is 3. The minimum absolute atomic E-state index is 0.0736. The second-order valence-corrected chi connectivity index (χ2v) is 7.27. The molecule has 4 aromatic rings. The maximum atomic E-state index is 12.4. The minimum atomic E-state index is -0.463. The second kappa shape index (κ2) is 9.80. The molecule has 1 aromatic heterocycles. The van der Waals surface area contributed by atoms with Crippen LogP contribution in [0, 0.1) is 0 Å². The number of amides is 1. The van der Waals surface area contributed by atoms with Crippen molar-refractivity contribution in [2.24, 2.45) is 5.10 Å². The van der Waals surface area contributed by atoms with E-state index in [2.05, 4.69) is 20.7 Å². The van der Waals surface area contributed by atoms with Gasteiger partial charge >= 0.3 is 0 Å². The second-order valence-electron chi connectivity index (χ2n) is 6.84. The van der Waals surface area contributed by atoms with Crippen LogP contribution in [0.1, 0.15) is 21.6 Å². The Morgan fingerprint density at radius 1 is 1.09 bits per heavy atom. The summed E-state index contributed by atoms with van der Waals surface area (Å²) >= 11 is 5.93. The van der Waals surface area contributed by atoms with Crippen LogP contribution in [0.2, 0.25) is 5.02 Å². The highest BCUT2D eigenvalue weighted by Crippen LogP contribution is 2.29. The number of H-pyrrole nitrogens is 1. The van der Waals surface area contributed by atoms with Gasteiger partial charge in [-0.2, -0.15) is 10.2 Å². The molecular weight excluding hydrogens is 428 g/mol. The average molecular weight is 447 g/mol. The summed E-state index contributed by atoms with van der Waals surface area (Å²) in [5, 5.41) is 21.2. The molecule has 0 bridgehead atoms. The third kappa shape index (κ3) is 5.14. The van der Waals surface area contributed by atoms with E-state index in [0.717, 1.165) is 11.1 Å². The molecule has 0 unspecified atom stereocenters. The van der Waals surface area contributed by atoms with Crippen LogP contribution >= 0.6 is 11.6 Å². The maximum absolute atomic E-state index is 12.4. The summed E-state index contributed by atoms with van der Waals surface area (Å²) in [6.45, 7) is 0.368. The van der Waals surface area contributed by atoms with Crippen molar-refractivity contribution in [3.8, 4) is 22.8 Å². The largest absolute Gasteiger partial charge is 0.507 e. The number of hydrogen-bond acceptors (Lipinski definition) is 5. The first-order chi connectivity index (χ1) is 15.6. The standard InChI is InChI=1S/C24H19ClN4O3/c25-18-11-9-16(10-12-18)15-32-23-8-4-2-6-19(23)20-13-21(28-27-20)24(31)29-26-14-17-5-1-3-7-22(17)30/h1-14,30H,15H2,(H,27,28)(H,29,31)/b26-14-. The molecule has 8 heteroatoms. The number of aromatic hydroxyl groups is 1. The number of aromatic nitrogens is 2. The van der Waals surface area contributed by atoms with E-state index in [1.807, 2.05) is 48.5 Å². The fourth-order valence-corrected chi connectivity index (χ4v) is 3.07. The van der Waals surface area contributed by atoms with Gasteiger partial charge in [-0.25, -0.2) is 5.43 Å². The lowest BCUT2D eigenvalue weighted by atomic mass is 10.1. The Morgan fingerprint density at radius 2 is 1.84 bits per heavy atom. The fraction of sp³-hybridized carbons (Fsp3) is 0.0417. The lowest BCUT2D eigenvalue weighted by Gasteiger charge is -2.10. The number of aromatic amines is 1. The zero-order valence-corrected chi connectivity index (χ0v) is 17.6. The van der Waals surface area contributed by atoms with Crippen LogP contribution in [0.3, 0.4) is 0 Å². The number of ether oxygens (including phenoxy) is 1. The van der Waals surface area contributed by atoms with Gasteiger partial charge in [-0.15, -0.1) is 0 Å². The zero-order chi connectivity index (χ0) is 22.3. The number of halogens is 1. The monoisotopic (exact) mass is 446 g/mol. The number of carbonyl (C=O) groups is 1. The van der Waals surface area contributed by atoms with E-state index in [-0.39, 0.29) is 11.4 Å². The van der Waals surface area contributed by atoms with Gasteiger partial charge in [0.05, 0.1) is 11.9 Å². The molecule has 0 aliphatic rings. The summed E-state index contributed by atoms with van der Waals surface area (Å²) in [5.41, 5.74) is 5.43.